The summed E-state index contributed by atoms with van der Waals surface area (Å²) in [5.74, 6) is 1.56. The predicted octanol–water partition coefficient (Wildman–Crippen LogP) is 2.37. The Balaban J connectivity index is 2.02. The van der Waals surface area contributed by atoms with E-state index in [1.54, 1.807) is 4.68 Å². The number of nitrogens with one attached hydrogen (secondary N) is 1. The summed E-state index contributed by atoms with van der Waals surface area (Å²) < 4.78 is 13.5. The molecule has 0 spiro atoms. The number of amides is 1. The quantitative estimate of drug-likeness (QED) is 0.943. The van der Waals surface area contributed by atoms with Crippen molar-refractivity contribution in [1.82, 2.24) is 9.78 Å². The first-order chi connectivity index (χ1) is 10.2. The fraction of sp³-hybridized carbons (Fsp3) is 0.333. The maximum atomic E-state index is 11.9. The Hall–Kier alpha value is -1.95. The second-order valence-corrected chi connectivity index (χ2v) is 6.50. The molecule has 1 amide bonds. The number of hydrogen-bond donors (Lipinski definition) is 1. The molecule has 1 atom stereocenters. The van der Waals surface area contributed by atoms with E-state index in [1.165, 1.54) is 0 Å². The number of hydrogen-bond acceptors (Lipinski definition) is 3. The highest BCUT2D eigenvalue weighted by Crippen LogP contribution is 2.31. The smallest absolute Gasteiger partial charge is 0.225 e. The number of fused-ring (bicyclic) bond motifs is 1. The molecule has 1 aliphatic heterocycles. The lowest BCUT2D eigenvalue weighted by molar-refractivity contribution is -0.116. The van der Waals surface area contributed by atoms with Crippen molar-refractivity contribution in [3.05, 3.63) is 41.6 Å². The van der Waals surface area contributed by atoms with Crippen LogP contribution in [-0.2, 0) is 27.1 Å². The van der Waals surface area contributed by atoms with Gasteiger partial charge in [0.2, 0.25) is 5.91 Å². The summed E-state index contributed by atoms with van der Waals surface area (Å²) >= 11 is 0. The fourth-order valence-electron chi connectivity index (χ4n) is 2.43. The van der Waals surface area contributed by atoms with Crippen LogP contribution < -0.4 is 5.32 Å². The number of carbonyl (C=O) groups excluding carboxylic acids is 1. The van der Waals surface area contributed by atoms with Crippen LogP contribution >= 0.6 is 0 Å². The van der Waals surface area contributed by atoms with E-state index in [0.29, 0.717) is 23.7 Å². The normalized spacial score (nSPS) is 16.7. The van der Waals surface area contributed by atoms with E-state index in [2.05, 4.69) is 10.4 Å². The average molecular weight is 303 g/mol. The van der Waals surface area contributed by atoms with Gasteiger partial charge in [-0.3, -0.25) is 9.00 Å². The largest absolute Gasteiger partial charge is 0.310 e. The van der Waals surface area contributed by atoms with Crippen LogP contribution in [0, 0.1) is 0 Å². The standard InChI is InChI=1S/C15H17N3O2S/c1-2-6-14(19)16-15-12-9-21(20)10-13(12)17-18(15)11-7-4-3-5-8-11/h3-5,7-8H,2,6,9-10H2,1H3,(H,16,19). The third kappa shape index (κ3) is 2.76. The van der Waals surface area contributed by atoms with Gasteiger partial charge in [0.15, 0.2) is 0 Å². The Kier molecular flexibility index (Phi) is 3.88. The molecule has 6 heteroatoms. The van der Waals surface area contributed by atoms with E-state index in [0.717, 1.165) is 23.4 Å². The van der Waals surface area contributed by atoms with Crippen molar-refractivity contribution in [2.24, 2.45) is 0 Å². The Morgan fingerprint density at radius 3 is 2.81 bits per heavy atom. The molecule has 1 aromatic heterocycles. The van der Waals surface area contributed by atoms with Crippen molar-refractivity contribution in [3.63, 3.8) is 0 Å². The van der Waals surface area contributed by atoms with E-state index in [4.69, 9.17) is 0 Å². The van der Waals surface area contributed by atoms with Gasteiger partial charge in [-0.1, -0.05) is 25.1 Å². The van der Waals surface area contributed by atoms with E-state index < -0.39 is 10.8 Å². The first-order valence-corrected chi connectivity index (χ1v) is 8.49. The molecule has 1 unspecified atom stereocenters. The topological polar surface area (TPSA) is 64.0 Å². The fourth-order valence-corrected chi connectivity index (χ4v) is 3.70. The van der Waals surface area contributed by atoms with Gasteiger partial charge >= 0.3 is 0 Å². The summed E-state index contributed by atoms with van der Waals surface area (Å²) in [6, 6.07) is 9.67. The molecule has 1 aromatic carbocycles. The summed E-state index contributed by atoms with van der Waals surface area (Å²) in [6.45, 7) is 1.97. The minimum absolute atomic E-state index is 0.0323. The monoisotopic (exact) mass is 303 g/mol. The molecule has 0 saturated carbocycles. The molecule has 110 valence electrons. The SMILES string of the molecule is CCCC(=O)Nc1c2c(nn1-c1ccccc1)CS(=O)C2. The minimum Gasteiger partial charge on any atom is -0.310 e. The molecule has 0 radical (unpaired) electrons. The lowest BCUT2D eigenvalue weighted by Gasteiger charge is -2.10. The Morgan fingerprint density at radius 1 is 1.33 bits per heavy atom. The highest BCUT2D eigenvalue weighted by Gasteiger charge is 2.28. The molecule has 5 nitrogen and oxygen atoms in total. The molecule has 0 saturated heterocycles. The third-order valence-corrected chi connectivity index (χ3v) is 4.61. The lowest BCUT2D eigenvalue weighted by atomic mass is 10.2. The van der Waals surface area contributed by atoms with Gasteiger partial charge in [0.1, 0.15) is 5.82 Å². The third-order valence-electron chi connectivity index (χ3n) is 3.41. The summed E-state index contributed by atoms with van der Waals surface area (Å²) in [5.41, 5.74) is 2.62. The maximum Gasteiger partial charge on any atom is 0.225 e. The summed E-state index contributed by atoms with van der Waals surface area (Å²) in [7, 11) is -0.909. The molecule has 2 aromatic rings. The Bertz CT molecular complexity index is 694. The van der Waals surface area contributed by atoms with Crippen molar-refractivity contribution in [2.45, 2.75) is 31.3 Å². The molecule has 1 N–H and O–H groups in total. The summed E-state index contributed by atoms with van der Waals surface area (Å²) in [4.78, 5) is 11.9. The number of anilines is 1. The van der Waals surface area contributed by atoms with Gasteiger partial charge < -0.3 is 5.32 Å². The van der Waals surface area contributed by atoms with Gasteiger partial charge in [-0.25, -0.2) is 4.68 Å². The van der Waals surface area contributed by atoms with E-state index in [1.807, 2.05) is 37.3 Å². The summed E-state index contributed by atoms with van der Waals surface area (Å²) in [6.07, 6.45) is 1.26. The van der Waals surface area contributed by atoms with Crippen molar-refractivity contribution >= 4 is 22.5 Å². The van der Waals surface area contributed by atoms with Gasteiger partial charge in [-0.2, -0.15) is 5.10 Å². The molecular weight excluding hydrogens is 286 g/mol. The highest BCUT2D eigenvalue weighted by molar-refractivity contribution is 7.83. The van der Waals surface area contributed by atoms with Crippen LogP contribution in [-0.4, -0.2) is 19.9 Å². The Labute approximate surface area is 125 Å². The number of aromatic nitrogens is 2. The van der Waals surface area contributed by atoms with Gasteiger partial charge in [0.05, 0.1) is 22.9 Å². The molecule has 0 bridgehead atoms. The van der Waals surface area contributed by atoms with Crippen molar-refractivity contribution in [2.75, 3.05) is 5.32 Å². The molecular formula is C15H17N3O2S. The van der Waals surface area contributed by atoms with Crippen molar-refractivity contribution in [1.29, 1.82) is 0 Å². The van der Waals surface area contributed by atoms with Crippen LogP contribution in [0.2, 0.25) is 0 Å². The van der Waals surface area contributed by atoms with E-state index in [9.17, 15) is 9.00 Å². The number of nitrogens with zero attached hydrogens (tertiary/aromatic N) is 2. The van der Waals surface area contributed by atoms with Gasteiger partial charge in [0, 0.05) is 22.8 Å². The van der Waals surface area contributed by atoms with Crippen molar-refractivity contribution in [3.8, 4) is 5.69 Å². The van der Waals surface area contributed by atoms with Crippen LogP contribution in [0.1, 0.15) is 31.0 Å². The first-order valence-electron chi connectivity index (χ1n) is 7.00. The van der Waals surface area contributed by atoms with E-state index in [-0.39, 0.29) is 5.91 Å². The lowest BCUT2D eigenvalue weighted by Crippen LogP contribution is -2.15. The predicted molar refractivity (Wildman–Crippen MR) is 82.7 cm³/mol. The van der Waals surface area contributed by atoms with Crippen LogP contribution in [0.25, 0.3) is 5.69 Å². The molecule has 1 aliphatic rings. The molecule has 0 fully saturated rings. The highest BCUT2D eigenvalue weighted by atomic mass is 32.2. The van der Waals surface area contributed by atoms with Crippen LogP contribution in [0.15, 0.2) is 30.3 Å². The first kappa shape index (κ1) is 14.0. The second kappa shape index (κ2) is 5.81. The number of benzene rings is 1. The van der Waals surface area contributed by atoms with Crippen LogP contribution in [0.3, 0.4) is 0 Å². The minimum atomic E-state index is -0.909. The van der Waals surface area contributed by atoms with Gasteiger partial charge in [-0.05, 0) is 18.6 Å². The van der Waals surface area contributed by atoms with Crippen molar-refractivity contribution < 1.29 is 9.00 Å². The second-order valence-electron chi connectivity index (χ2n) is 5.05. The van der Waals surface area contributed by atoms with Gasteiger partial charge in [-0.15, -0.1) is 0 Å². The Morgan fingerprint density at radius 2 is 2.10 bits per heavy atom. The summed E-state index contributed by atoms with van der Waals surface area (Å²) in [5, 5.41) is 7.47. The molecule has 21 heavy (non-hydrogen) atoms. The molecule has 3 rings (SSSR count). The molecule has 0 aliphatic carbocycles. The van der Waals surface area contributed by atoms with Gasteiger partial charge in [0.25, 0.3) is 0 Å². The zero-order valence-electron chi connectivity index (χ0n) is 11.8. The zero-order valence-corrected chi connectivity index (χ0v) is 12.7. The maximum absolute atomic E-state index is 11.9. The average Bonchev–Trinajstić information content (AvgIpc) is 2.98. The molecule has 2 heterocycles. The number of rotatable bonds is 4. The van der Waals surface area contributed by atoms with Crippen LogP contribution in [0.5, 0.6) is 0 Å². The zero-order chi connectivity index (χ0) is 14.8. The van der Waals surface area contributed by atoms with E-state index >= 15 is 0 Å². The number of carbonyl (C=O) groups is 1. The number of para-hydroxylation sites is 1. The van der Waals surface area contributed by atoms with Crippen LogP contribution in [0.4, 0.5) is 5.82 Å².